The van der Waals surface area contributed by atoms with Crippen LogP contribution >= 0.6 is 0 Å². The fourth-order valence-corrected chi connectivity index (χ4v) is 1.20. The molecule has 17 heavy (non-hydrogen) atoms. The summed E-state index contributed by atoms with van der Waals surface area (Å²) in [5.74, 6) is 0.0265. The van der Waals surface area contributed by atoms with Crippen LogP contribution in [-0.2, 0) is 0 Å². The minimum atomic E-state index is 0.0265. The third-order valence-corrected chi connectivity index (χ3v) is 1.96. The summed E-state index contributed by atoms with van der Waals surface area (Å²) in [5.41, 5.74) is 0.777. The molecule has 0 atom stereocenters. The summed E-state index contributed by atoms with van der Waals surface area (Å²) in [7, 11) is 0. The monoisotopic (exact) mass is 230 g/mol. The van der Waals surface area contributed by atoms with Crippen molar-refractivity contribution in [2.45, 2.75) is 6.92 Å². The molecular weight excluding hydrogens is 216 g/mol. The van der Waals surface area contributed by atoms with Gasteiger partial charge in [0.1, 0.15) is 17.2 Å². The second-order valence-electron chi connectivity index (χ2n) is 3.17. The van der Waals surface area contributed by atoms with E-state index in [1.54, 1.807) is 24.4 Å². The molecule has 88 valence electrons. The Bertz CT molecular complexity index is 493. The van der Waals surface area contributed by atoms with E-state index in [4.69, 9.17) is 0 Å². The average Bonchev–Trinajstić information content (AvgIpc) is 2.78. The number of aliphatic hydroxyl groups is 1. The highest BCUT2D eigenvalue weighted by atomic mass is 16.3. The largest absolute Gasteiger partial charge is 0.506 e. The number of rotatable bonds is 5. The van der Waals surface area contributed by atoms with E-state index in [1.807, 2.05) is 13.0 Å². The van der Waals surface area contributed by atoms with Gasteiger partial charge in [0.2, 0.25) is 0 Å². The van der Waals surface area contributed by atoms with E-state index in [9.17, 15) is 9.90 Å². The van der Waals surface area contributed by atoms with Gasteiger partial charge in [-0.15, -0.1) is 0 Å². The lowest BCUT2D eigenvalue weighted by Gasteiger charge is -2.05. The molecule has 1 heterocycles. The summed E-state index contributed by atoms with van der Waals surface area (Å²) >= 11 is 0. The van der Waals surface area contributed by atoms with Gasteiger partial charge in [-0.25, -0.2) is 4.68 Å². The van der Waals surface area contributed by atoms with Crippen LogP contribution in [0.15, 0.2) is 55.0 Å². The van der Waals surface area contributed by atoms with Crippen molar-refractivity contribution in [2.24, 2.45) is 0 Å². The fraction of sp³-hybridized carbons (Fsp3) is 0.0769. The van der Waals surface area contributed by atoms with Crippen molar-refractivity contribution < 1.29 is 9.90 Å². The minimum absolute atomic E-state index is 0.0265. The molecule has 0 amide bonds. The molecule has 0 bridgehead atoms. The highest BCUT2D eigenvalue weighted by molar-refractivity contribution is 5.72. The Morgan fingerprint density at radius 3 is 2.82 bits per heavy atom. The first-order chi connectivity index (χ1) is 8.22. The van der Waals surface area contributed by atoms with Crippen molar-refractivity contribution in [2.75, 3.05) is 0 Å². The average molecular weight is 230 g/mol. The maximum atomic E-state index is 10.5. The molecule has 0 saturated heterocycles. The van der Waals surface area contributed by atoms with Gasteiger partial charge in [-0.1, -0.05) is 24.8 Å². The molecule has 1 aromatic heterocycles. The topological polar surface area (TPSA) is 55.1 Å². The molecule has 0 radical (unpaired) electrons. The quantitative estimate of drug-likeness (QED) is 0.480. The number of carbonyl (C=O) groups is 1. The molecule has 0 aliphatic carbocycles. The zero-order chi connectivity index (χ0) is 12.7. The number of aliphatic hydroxyl groups excluding tert-OH is 1. The van der Waals surface area contributed by atoms with Crippen LogP contribution in [0.2, 0.25) is 0 Å². The fourth-order valence-electron chi connectivity index (χ4n) is 1.20. The van der Waals surface area contributed by atoms with Gasteiger partial charge >= 0.3 is 0 Å². The van der Waals surface area contributed by atoms with E-state index in [2.05, 4.69) is 11.7 Å². The van der Waals surface area contributed by atoms with Gasteiger partial charge in [0.15, 0.2) is 6.29 Å². The number of hydrogen-bond acceptors (Lipinski definition) is 3. The number of hydrogen-bond donors (Lipinski definition) is 1. The number of aromatic nitrogens is 2. The number of nitrogens with zero attached hydrogens (tertiary/aromatic N) is 2. The summed E-state index contributed by atoms with van der Waals surface area (Å²) in [5, 5.41) is 13.8. The Kier molecular flexibility index (Phi) is 4.69. The maximum absolute atomic E-state index is 10.5. The molecule has 1 N–H and O–H groups in total. The molecule has 0 saturated carbocycles. The number of allylic oxidation sites excluding steroid dienone is 6. The highest BCUT2D eigenvalue weighted by Crippen LogP contribution is 2.13. The predicted octanol–water partition coefficient (Wildman–Crippen LogP) is 2.74. The summed E-state index contributed by atoms with van der Waals surface area (Å²) < 4.78 is 1.43. The Morgan fingerprint density at radius 2 is 2.29 bits per heavy atom. The Labute approximate surface area is 99.9 Å². The summed E-state index contributed by atoms with van der Waals surface area (Å²) in [4.78, 5) is 10.5. The van der Waals surface area contributed by atoms with Crippen molar-refractivity contribution in [3.05, 3.63) is 60.7 Å². The first-order valence-corrected chi connectivity index (χ1v) is 5.09. The predicted molar refractivity (Wildman–Crippen MR) is 67.6 cm³/mol. The van der Waals surface area contributed by atoms with Crippen molar-refractivity contribution in [3.8, 4) is 0 Å². The SMILES string of the molecule is C=C\C=C(O)/C(=C\C=C/C)n1ccc(C=O)n1. The zero-order valence-electron chi connectivity index (χ0n) is 9.58. The molecule has 4 nitrogen and oxygen atoms in total. The lowest BCUT2D eigenvalue weighted by atomic mass is 10.3. The summed E-state index contributed by atoms with van der Waals surface area (Å²) in [6.07, 6.45) is 10.5. The zero-order valence-corrected chi connectivity index (χ0v) is 9.58. The minimum Gasteiger partial charge on any atom is -0.506 e. The Balaban J connectivity index is 3.19. The van der Waals surface area contributed by atoms with E-state index in [0.29, 0.717) is 17.7 Å². The second kappa shape index (κ2) is 6.27. The second-order valence-corrected chi connectivity index (χ2v) is 3.17. The lowest BCUT2D eigenvalue weighted by Crippen LogP contribution is -2.01. The van der Waals surface area contributed by atoms with Gasteiger partial charge < -0.3 is 5.11 Å². The molecule has 0 aliphatic heterocycles. The molecule has 0 aromatic carbocycles. The van der Waals surface area contributed by atoms with Gasteiger partial charge in [0, 0.05) is 6.20 Å². The van der Waals surface area contributed by atoms with E-state index in [1.165, 1.54) is 16.8 Å². The van der Waals surface area contributed by atoms with E-state index >= 15 is 0 Å². The molecule has 4 heteroatoms. The van der Waals surface area contributed by atoms with E-state index < -0.39 is 0 Å². The molecule has 1 rings (SSSR count). The third-order valence-electron chi connectivity index (χ3n) is 1.96. The normalized spacial score (nSPS) is 13.0. The van der Waals surface area contributed by atoms with Gasteiger partial charge in [-0.2, -0.15) is 5.10 Å². The van der Waals surface area contributed by atoms with Crippen LogP contribution in [0.5, 0.6) is 0 Å². The Hall–Kier alpha value is -2.36. The van der Waals surface area contributed by atoms with E-state index in [0.717, 1.165) is 0 Å². The van der Waals surface area contributed by atoms with Crippen LogP contribution in [0.4, 0.5) is 0 Å². The number of carbonyl (C=O) groups excluding carboxylic acids is 1. The highest BCUT2D eigenvalue weighted by Gasteiger charge is 2.06. The third kappa shape index (κ3) is 3.31. The molecule has 0 aliphatic rings. The van der Waals surface area contributed by atoms with Crippen LogP contribution in [0.3, 0.4) is 0 Å². The molecule has 1 aromatic rings. The van der Waals surface area contributed by atoms with Crippen LogP contribution in [0.1, 0.15) is 17.4 Å². The van der Waals surface area contributed by atoms with E-state index in [-0.39, 0.29) is 5.76 Å². The van der Waals surface area contributed by atoms with Crippen molar-refractivity contribution in [1.29, 1.82) is 0 Å². The van der Waals surface area contributed by atoms with Crippen LogP contribution in [0, 0.1) is 0 Å². The molecule has 0 fully saturated rings. The maximum Gasteiger partial charge on any atom is 0.170 e. The Morgan fingerprint density at radius 1 is 1.53 bits per heavy atom. The standard InChI is InChI=1S/C13H14N2O2/c1-3-5-7-12(13(17)6-4-2)15-9-8-11(10-16)14-15/h3-10,17H,2H2,1H3/b5-3-,12-7+,13-6+. The molecule has 0 spiro atoms. The summed E-state index contributed by atoms with van der Waals surface area (Å²) in [6.45, 7) is 5.37. The van der Waals surface area contributed by atoms with Gasteiger partial charge in [-0.05, 0) is 25.1 Å². The molecular formula is C13H14N2O2. The number of aldehydes is 1. The van der Waals surface area contributed by atoms with Crippen LogP contribution in [0.25, 0.3) is 5.70 Å². The van der Waals surface area contributed by atoms with Gasteiger partial charge in [0.25, 0.3) is 0 Å². The van der Waals surface area contributed by atoms with Crippen molar-refractivity contribution >= 4 is 12.0 Å². The smallest absolute Gasteiger partial charge is 0.170 e. The summed E-state index contributed by atoms with van der Waals surface area (Å²) in [6, 6.07) is 1.57. The molecule has 0 unspecified atom stereocenters. The van der Waals surface area contributed by atoms with Crippen molar-refractivity contribution in [1.82, 2.24) is 9.78 Å². The first kappa shape index (κ1) is 12.7. The van der Waals surface area contributed by atoms with Crippen molar-refractivity contribution in [3.63, 3.8) is 0 Å². The van der Waals surface area contributed by atoms with Gasteiger partial charge in [0.05, 0.1) is 0 Å². The van der Waals surface area contributed by atoms with Gasteiger partial charge in [-0.3, -0.25) is 4.79 Å². The lowest BCUT2D eigenvalue weighted by molar-refractivity contribution is 0.111. The van der Waals surface area contributed by atoms with Crippen LogP contribution < -0.4 is 0 Å². The first-order valence-electron chi connectivity index (χ1n) is 5.09. The van der Waals surface area contributed by atoms with Crippen LogP contribution in [-0.4, -0.2) is 21.2 Å².